The average molecular weight is 541 g/mol. The van der Waals surface area contributed by atoms with Gasteiger partial charge in [-0.3, -0.25) is 4.90 Å². The third kappa shape index (κ3) is 4.92. The van der Waals surface area contributed by atoms with Gasteiger partial charge in [0, 0.05) is 32.2 Å². The van der Waals surface area contributed by atoms with Gasteiger partial charge in [0.1, 0.15) is 17.3 Å². The van der Waals surface area contributed by atoms with E-state index < -0.39 is 0 Å². The Kier molecular flexibility index (Phi) is 7.20. The van der Waals surface area contributed by atoms with Crippen LogP contribution in [0.1, 0.15) is 58.9 Å². The number of piperidine rings is 1. The zero-order valence-electron chi connectivity index (χ0n) is 19.3. The highest BCUT2D eigenvalue weighted by atomic mass is 127. The summed E-state index contributed by atoms with van der Waals surface area (Å²) in [6.45, 7) is 13.8. The van der Waals surface area contributed by atoms with E-state index in [9.17, 15) is 0 Å². The molecule has 0 N–H and O–H groups in total. The van der Waals surface area contributed by atoms with Gasteiger partial charge in [-0.2, -0.15) is 0 Å². The summed E-state index contributed by atoms with van der Waals surface area (Å²) < 4.78 is 12.7. The van der Waals surface area contributed by atoms with Gasteiger partial charge in [-0.25, -0.2) is 0 Å². The van der Waals surface area contributed by atoms with Crippen LogP contribution in [0.5, 0.6) is 11.5 Å². The highest BCUT2D eigenvalue weighted by molar-refractivity contribution is 14.1. The Morgan fingerprint density at radius 2 is 1.84 bits per heavy atom. The van der Waals surface area contributed by atoms with Crippen LogP contribution in [0.25, 0.3) is 0 Å². The number of halogens is 1. The second kappa shape index (κ2) is 9.73. The van der Waals surface area contributed by atoms with Crippen molar-refractivity contribution >= 4 is 28.4 Å². The molecule has 2 unspecified atom stereocenters. The zero-order valence-corrected chi connectivity index (χ0v) is 21.5. The van der Waals surface area contributed by atoms with E-state index in [4.69, 9.17) is 14.3 Å². The molecule has 0 saturated carbocycles. The molecule has 2 atom stereocenters. The van der Waals surface area contributed by atoms with Crippen LogP contribution in [0.15, 0.2) is 17.3 Å². The number of likely N-dealkylation sites (tertiary alicyclic amines) is 2. The summed E-state index contributed by atoms with van der Waals surface area (Å²) in [5.41, 5.74) is 1.09. The van der Waals surface area contributed by atoms with Gasteiger partial charge in [0.25, 0.3) is 0 Å². The van der Waals surface area contributed by atoms with Crippen LogP contribution in [-0.2, 0) is 11.4 Å². The van der Waals surface area contributed by atoms with Crippen molar-refractivity contribution in [3.8, 4) is 11.5 Å². The fourth-order valence-corrected chi connectivity index (χ4v) is 5.80. The van der Waals surface area contributed by atoms with Gasteiger partial charge in [0.05, 0.1) is 23.2 Å². The van der Waals surface area contributed by atoms with E-state index in [1.807, 2.05) is 13.8 Å². The molecule has 0 radical (unpaired) electrons. The van der Waals surface area contributed by atoms with Crippen molar-refractivity contribution in [3.05, 3.63) is 21.3 Å². The Hall–Kier alpha value is -1.22. The van der Waals surface area contributed by atoms with Crippen LogP contribution in [0.4, 0.5) is 0 Å². The Morgan fingerprint density at radius 1 is 1.16 bits per heavy atom. The second-order valence-electron chi connectivity index (χ2n) is 9.26. The zero-order chi connectivity index (χ0) is 22.0. The number of amidine groups is 1. The summed E-state index contributed by atoms with van der Waals surface area (Å²) >= 11 is 2.31. The molecular formula is C24H36IN3O3. The number of ether oxygens (including phenoxy) is 2. The predicted octanol–water partition coefficient (Wildman–Crippen LogP) is 4.89. The summed E-state index contributed by atoms with van der Waals surface area (Å²) in [4.78, 5) is 11.0. The first-order valence-corrected chi connectivity index (χ1v) is 12.9. The number of hydrogen-bond donors (Lipinski definition) is 0. The van der Waals surface area contributed by atoms with Crippen LogP contribution < -0.4 is 9.47 Å². The Labute approximate surface area is 200 Å². The van der Waals surface area contributed by atoms with Crippen molar-refractivity contribution in [2.75, 3.05) is 32.8 Å². The number of rotatable bonds is 7. The topological polar surface area (TPSA) is 46.5 Å². The normalized spacial score (nSPS) is 25.2. The molecular weight excluding hydrogens is 505 g/mol. The average Bonchev–Trinajstić information content (AvgIpc) is 3.16. The first kappa shape index (κ1) is 23.0. The molecule has 1 aromatic carbocycles. The van der Waals surface area contributed by atoms with Crippen molar-refractivity contribution in [2.24, 2.45) is 11.1 Å². The highest BCUT2D eigenvalue weighted by Gasteiger charge is 2.51. The molecule has 3 aliphatic rings. The fraction of sp³-hybridized carbons (Fsp3) is 0.708. The maximum absolute atomic E-state index is 6.03. The quantitative estimate of drug-likeness (QED) is 0.461. The van der Waals surface area contributed by atoms with E-state index in [0.717, 1.165) is 53.6 Å². The molecule has 2 saturated heterocycles. The van der Waals surface area contributed by atoms with E-state index in [1.54, 1.807) is 0 Å². The molecule has 7 heteroatoms. The molecule has 1 aromatic rings. The Balaban J connectivity index is 1.36. The fourth-order valence-electron chi connectivity index (χ4n) is 5.18. The van der Waals surface area contributed by atoms with Crippen molar-refractivity contribution in [2.45, 2.75) is 71.6 Å². The van der Waals surface area contributed by atoms with Crippen molar-refractivity contribution < 1.29 is 14.3 Å². The maximum Gasteiger partial charge on any atom is 0.170 e. The summed E-state index contributed by atoms with van der Waals surface area (Å²) in [7, 11) is 0. The monoisotopic (exact) mass is 541 g/mol. The van der Waals surface area contributed by atoms with Gasteiger partial charge in [-0.15, -0.1) is 0 Å². The molecule has 0 bridgehead atoms. The van der Waals surface area contributed by atoms with E-state index in [0.29, 0.717) is 19.3 Å². The van der Waals surface area contributed by atoms with Gasteiger partial charge >= 0.3 is 0 Å². The molecule has 4 rings (SSSR count). The predicted molar refractivity (Wildman–Crippen MR) is 132 cm³/mol. The third-order valence-corrected chi connectivity index (χ3v) is 7.76. The minimum atomic E-state index is -0.134. The van der Waals surface area contributed by atoms with E-state index >= 15 is 0 Å². The largest absolute Gasteiger partial charge is 0.493 e. The van der Waals surface area contributed by atoms with Crippen LogP contribution in [0, 0.1) is 9.49 Å². The molecule has 2 fully saturated rings. The summed E-state index contributed by atoms with van der Waals surface area (Å²) in [6, 6.07) is 4.91. The number of oxime groups is 1. The summed E-state index contributed by atoms with van der Waals surface area (Å²) in [5.74, 6) is 3.80. The summed E-state index contributed by atoms with van der Waals surface area (Å²) in [5, 5.41) is 4.56. The van der Waals surface area contributed by atoms with E-state index in [2.05, 4.69) is 63.5 Å². The van der Waals surface area contributed by atoms with Gasteiger partial charge in [0.2, 0.25) is 0 Å². The first-order valence-electron chi connectivity index (χ1n) is 11.8. The summed E-state index contributed by atoms with van der Waals surface area (Å²) in [6.07, 6.45) is 4.65. The van der Waals surface area contributed by atoms with E-state index in [-0.39, 0.29) is 5.60 Å². The lowest BCUT2D eigenvalue weighted by molar-refractivity contribution is -0.128. The van der Waals surface area contributed by atoms with Gasteiger partial charge in [-0.05, 0) is 79.3 Å². The van der Waals surface area contributed by atoms with Crippen molar-refractivity contribution in [1.82, 2.24) is 9.80 Å². The Bertz CT molecular complexity index is 782. The molecule has 3 heterocycles. The molecule has 3 aliphatic heterocycles. The van der Waals surface area contributed by atoms with Crippen LogP contribution in [-0.4, -0.2) is 60.1 Å². The lowest BCUT2D eigenvalue weighted by atomic mass is 9.87. The third-order valence-electron chi connectivity index (χ3n) is 6.70. The van der Waals surface area contributed by atoms with Crippen LogP contribution in [0.2, 0.25) is 0 Å². The standard InChI is InChI=1S/C24H36IN3O3/c1-5-19-10-17(4)8-9-28(19)22-13-24(31-26-22)15-27(16-24)14-18-11-20(29-6-2)23(25)21(12-18)30-7-3/h11-12,17,19H,5-10,13-16H2,1-4H3. The van der Waals surface area contributed by atoms with Crippen molar-refractivity contribution in [3.63, 3.8) is 0 Å². The smallest absolute Gasteiger partial charge is 0.170 e. The number of hydrogen-bond acceptors (Lipinski definition) is 6. The second-order valence-corrected chi connectivity index (χ2v) is 10.3. The van der Waals surface area contributed by atoms with Crippen LogP contribution >= 0.6 is 22.6 Å². The lowest BCUT2D eigenvalue weighted by Gasteiger charge is -2.46. The molecule has 0 amide bonds. The number of benzene rings is 1. The minimum Gasteiger partial charge on any atom is -0.493 e. The maximum atomic E-state index is 6.03. The minimum absolute atomic E-state index is 0.134. The van der Waals surface area contributed by atoms with Crippen molar-refractivity contribution in [1.29, 1.82) is 0 Å². The molecule has 1 spiro atoms. The van der Waals surface area contributed by atoms with Gasteiger partial charge < -0.3 is 19.2 Å². The van der Waals surface area contributed by atoms with Gasteiger partial charge in [-0.1, -0.05) is 19.0 Å². The molecule has 172 valence electrons. The van der Waals surface area contributed by atoms with Crippen LogP contribution in [0.3, 0.4) is 0 Å². The van der Waals surface area contributed by atoms with Gasteiger partial charge in [0.15, 0.2) is 5.60 Å². The Morgan fingerprint density at radius 3 is 2.45 bits per heavy atom. The molecule has 0 aromatic heterocycles. The lowest BCUT2D eigenvalue weighted by Crippen LogP contribution is -2.61. The van der Waals surface area contributed by atoms with E-state index in [1.165, 1.54) is 30.7 Å². The highest BCUT2D eigenvalue weighted by Crippen LogP contribution is 2.39. The molecule has 31 heavy (non-hydrogen) atoms. The molecule has 0 aliphatic carbocycles. The number of nitrogens with zero attached hydrogens (tertiary/aromatic N) is 3. The SMILES string of the molecule is CCOc1cc(CN2CC3(CC(N4CCC(C)CC4CC)=NO3)C2)cc(OCC)c1I. The first-order chi connectivity index (χ1) is 15.0. The molecule has 6 nitrogen and oxygen atoms in total.